The molecule has 4 rings (SSSR count). The first-order chi connectivity index (χ1) is 22.2. The van der Waals surface area contributed by atoms with Gasteiger partial charge in [0.05, 0.1) is 23.5 Å². The fraction of sp³-hybridized carbons (Fsp3) is 0.387. The number of aromatic nitrogens is 1. The van der Waals surface area contributed by atoms with Crippen LogP contribution in [0.25, 0.3) is 11.1 Å². The topological polar surface area (TPSA) is 174 Å². The molecule has 0 spiro atoms. The molecular weight excluding hydrogens is 678 g/mol. The van der Waals surface area contributed by atoms with Gasteiger partial charge in [0, 0.05) is 19.2 Å². The molecule has 1 aromatic heterocycles. The lowest BCUT2D eigenvalue weighted by Crippen LogP contribution is -2.57. The predicted molar refractivity (Wildman–Crippen MR) is 168 cm³/mol. The minimum atomic E-state index is -5.18. The molecule has 0 bridgehead atoms. The van der Waals surface area contributed by atoms with Crippen LogP contribution < -0.4 is 10.9 Å². The number of halogens is 4. The number of pyridine rings is 1. The normalized spacial score (nSPS) is 18.2. The third-order valence-corrected chi connectivity index (χ3v) is 10.4. The van der Waals surface area contributed by atoms with Crippen LogP contribution >= 0.6 is 0 Å². The van der Waals surface area contributed by atoms with Gasteiger partial charge in [-0.1, -0.05) is 42.5 Å². The number of Topliss-reactive ketones (excluding diaryl/α,β-unsaturated/α-hetero) is 1. The van der Waals surface area contributed by atoms with Gasteiger partial charge < -0.3 is 10.6 Å². The van der Waals surface area contributed by atoms with Crippen molar-refractivity contribution in [1.82, 2.24) is 14.2 Å². The molecule has 17 heteroatoms. The summed E-state index contributed by atoms with van der Waals surface area (Å²) in [6.07, 6.45) is -5.04. The van der Waals surface area contributed by atoms with E-state index in [1.165, 1.54) is 60.8 Å². The number of carbonyl (C=O) groups excluding carboxylic acids is 2. The standard InChI is InChI=1S/C31H35F4N5O6S2/c1-30(2,32)18-24(36)29(42)40(25-9-6-16-39(19-26(25)41)48(45,46)27-10-3-4-15-38-27)28(31(33,34)35)21-13-11-20(12-14-21)22-7-5-8-23(17-22)47(37,43)44/h3-5,7-8,10-15,17,24-25,28H,6,9,16,18-19,36H2,1-2H3,(H2,37,43,44)/t24-,25?,28-/m0/s1. The van der Waals surface area contributed by atoms with Crippen molar-refractivity contribution in [2.75, 3.05) is 13.1 Å². The lowest BCUT2D eigenvalue weighted by Gasteiger charge is -2.40. The molecule has 260 valence electrons. The minimum absolute atomic E-state index is 0.0972. The zero-order valence-electron chi connectivity index (χ0n) is 26.0. The van der Waals surface area contributed by atoms with E-state index in [0.717, 1.165) is 30.3 Å². The van der Waals surface area contributed by atoms with Crippen LogP contribution in [0.1, 0.15) is 44.7 Å². The van der Waals surface area contributed by atoms with Gasteiger partial charge in [-0.15, -0.1) is 0 Å². The first-order valence-corrected chi connectivity index (χ1v) is 17.7. The number of benzene rings is 2. The average Bonchev–Trinajstić information content (AvgIpc) is 3.20. The monoisotopic (exact) mass is 713 g/mol. The molecule has 1 amide bonds. The third kappa shape index (κ3) is 8.63. The highest BCUT2D eigenvalue weighted by atomic mass is 32.2. The van der Waals surface area contributed by atoms with Gasteiger partial charge >= 0.3 is 6.18 Å². The molecule has 1 aliphatic heterocycles. The van der Waals surface area contributed by atoms with Gasteiger partial charge in [0.1, 0.15) is 5.67 Å². The van der Waals surface area contributed by atoms with E-state index in [2.05, 4.69) is 4.98 Å². The van der Waals surface area contributed by atoms with Crippen molar-refractivity contribution in [3.63, 3.8) is 0 Å². The van der Waals surface area contributed by atoms with Crippen molar-refractivity contribution in [1.29, 1.82) is 0 Å². The Kier molecular flexibility index (Phi) is 10.8. The van der Waals surface area contributed by atoms with E-state index >= 15 is 13.2 Å². The van der Waals surface area contributed by atoms with E-state index in [0.29, 0.717) is 16.0 Å². The number of alkyl halides is 4. The highest BCUT2D eigenvalue weighted by molar-refractivity contribution is 7.89. The van der Waals surface area contributed by atoms with Gasteiger partial charge in [-0.2, -0.15) is 17.5 Å². The van der Waals surface area contributed by atoms with Crippen LogP contribution in [0.15, 0.2) is 82.8 Å². The summed E-state index contributed by atoms with van der Waals surface area (Å²) in [5, 5.41) is 4.84. The van der Waals surface area contributed by atoms with E-state index in [9.17, 15) is 30.8 Å². The first-order valence-electron chi connectivity index (χ1n) is 14.7. The van der Waals surface area contributed by atoms with Crippen LogP contribution in [0.4, 0.5) is 17.6 Å². The number of rotatable bonds is 10. The molecule has 1 fully saturated rings. The van der Waals surface area contributed by atoms with Gasteiger partial charge in [-0.05, 0) is 67.6 Å². The van der Waals surface area contributed by atoms with Crippen LogP contribution in [0.3, 0.4) is 0 Å². The number of hydrogen-bond donors (Lipinski definition) is 2. The number of primary sulfonamides is 1. The fourth-order valence-corrected chi connectivity index (χ4v) is 7.53. The van der Waals surface area contributed by atoms with Crippen LogP contribution in [0, 0.1) is 0 Å². The second kappa shape index (κ2) is 14.0. The lowest BCUT2D eigenvalue weighted by molar-refractivity contribution is -0.199. The Morgan fingerprint density at radius 3 is 2.23 bits per heavy atom. The summed E-state index contributed by atoms with van der Waals surface area (Å²) in [5.74, 6) is -2.33. The zero-order chi connectivity index (χ0) is 35.7. The summed E-state index contributed by atoms with van der Waals surface area (Å²) in [6.45, 7) is 1.12. The molecule has 4 N–H and O–H groups in total. The van der Waals surface area contributed by atoms with Gasteiger partial charge in [0.15, 0.2) is 16.9 Å². The number of nitrogens with zero attached hydrogens (tertiary/aromatic N) is 3. The van der Waals surface area contributed by atoms with Crippen molar-refractivity contribution in [2.45, 2.75) is 73.0 Å². The quantitative estimate of drug-likeness (QED) is 0.299. The fourth-order valence-electron chi connectivity index (χ4n) is 5.59. The minimum Gasteiger partial charge on any atom is -0.320 e. The number of nitrogens with two attached hydrogens (primary N) is 2. The largest absolute Gasteiger partial charge is 0.413 e. The Hall–Kier alpha value is -3.77. The predicted octanol–water partition coefficient (Wildman–Crippen LogP) is 3.72. The van der Waals surface area contributed by atoms with E-state index in [4.69, 9.17) is 10.9 Å². The van der Waals surface area contributed by atoms with Crippen molar-refractivity contribution in [3.05, 3.63) is 78.5 Å². The molecule has 0 saturated carbocycles. The maximum Gasteiger partial charge on any atom is 0.413 e. The zero-order valence-corrected chi connectivity index (χ0v) is 27.6. The van der Waals surface area contributed by atoms with Crippen molar-refractivity contribution in [3.8, 4) is 11.1 Å². The Morgan fingerprint density at radius 1 is 1.00 bits per heavy atom. The van der Waals surface area contributed by atoms with Crippen molar-refractivity contribution < 1.29 is 44.0 Å². The SMILES string of the molecule is CC(C)(F)C[C@H](N)C(=O)N(C1CCCN(S(=O)(=O)c2ccccn2)CC1=O)[C@@H](c1ccc(-c2cccc(S(N)(=O)=O)c2)cc1)C(F)(F)F. The molecule has 1 aliphatic rings. The molecule has 0 aliphatic carbocycles. The molecule has 11 nitrogen and oxygen atoms in total. The van der Waals surface area contributed by atoms with E-state index in [1.807, 2.05) is 0 Å². The van der Waals surface area contributed by atoms with Gasteiger partial charge in [-0.3, -0.25) is 9.59 Å². The van der Waals surface area contributed by atoms with Crippen LogP contribution in [-0.2, 0) is 29.6 Å². The highest BCUT2D eigenvalue weighted by Gasteiger charge is 2.52. The highest BCUT2D eigenvalue weighted by Crippen LogP contribution is 2.41. The van der Waals surface area contributed by atoms with Gasteiger partial charge in [0.2, 0.25) is 15.9 Å². The van der Waals surface area contributed by atoms with Crippen LogP contribution in [-0.4, -0.2) is 79.7 Å². The second-order valence-corrected chi connectivity index (χ2v) is 15.5. The summed E-state index contributed by atoms with van der Waals surface area (Å²) < 4.78 is 111. The Labute approximate surface area is 276 Å². The van der Waals surface area contributed by atoms with E-state index in [-0.39, 0.29) is 29.3 Å². The average molecular weight is 714 g/mol. The molecule has 3 atom stereocenters. The number of ketones is 1. The summed E-state index contributed by atoms with van der Waals surface area (Å²) in [7, 11) is -8.39. The molecule has 3 aromatic rings. The van der Waals surface area contributed by atoms with E-state index < -0.39 is 80.2 Å². The van der Waals surface area contributed by atoms with Crippen molar-refractivity contribution >= 4 is 31.7 Å². The molecule has 1 saturated heterocycles. The maximum absolute atomic E-state index is 15.1. The van der Waals surface area contributed by atoms with Crippen molar-refractivity contribution in [2.24, 2.45) is 10.9 Å². The summed E-state index contributed by atoms with van der Waals surface area (Å²) >= 11 is 0. The Bertz CT molecular complexity index is 1850. The van der Waals surface area contributed by atoms with Crippen LogP contribution in [0.5, 0.6) is 0 Å². The Morgan fingerprint density at radius 2 is 1.67 bits per heavy atom. The summed E-state index contributed by atoms with van der Waals surface area (Å²) in [5.41, 5.74) is 4.11. The molecule has 2 heterocycles. The smallest absolute Gasteiger partial charge is 0.320 e. The molecule has 2 aromatic carbocycles. The summed E-state index contributed by atoms with van der Waals surface area (Å²) in [6, 6.07) is 7.96. The van der Waals surface area contributed by atoms with E-state index in [1.54, 1.807) is 0 Å². The lowest BCUT2D eigenvalue weighted by atomic mass is 9.93. The number of hydrogen-bond acceptors (Lipinski definition) is 8. The van der Waals surface area contributed by atoms with Gasteiger partial charge in [0.25, 0.3) is 10.0 Å². The first kappa shape index (κ1) is 37.1. The molecule has 0 radical (unpaired) electrons. The molecule has 1 unspecified atom stereocenters. The van der Waals surface area contributed by atoms with Crippen LogP contribution in [0.2, 0.25) is 0 Å². The maximum atomic E-state index is 15.1. The number of carbonyl (C=O) groups is 2. The molecule has 48 heavy (non-hydrogen) atoms. The Balaban J connectivity index is 1.77. The van der Waals surface area contributed by atoms with Gasteiger partial charge in [-0.25, -0.2) is 31.3 Å². The number of amides is 1. The number of sulfonamides is 2. The third-order valence-electron chi connectivity index (χ3n) is 7.75. The second-order valence-electron chi connectivity index (χ2n) is 12.0. The summed E-state index contributed by atoms with van der Waals surface area (Å²) in [4.78, 5) is 31.5. The molecular formula is C31H35F4N5O6S2.